The number of carbonyl (C=O) groups excluding carboxylic acids is 1. The lowest BCUT2D eigenvalue weighted by Crippen LogP contribution is -1.86. The summed E-state index contributed by atoms with van der Waals surface area (Å²) in [6.45, 7) is 0. The highest BCUT2D eigenvalue weighted by molar-refractivity contribution is 7.17. The quantitative estimate of drug-likeness (QED) is 0.694. The van der Waals surface area contributed by atoms with Crippen molar-refractivity contribution in [1.82, 2.24) is 0 Å². The molecule has 4 heteroatoms. The summed E-state index contributed by atoms with van der Waals surface area (Å²) in [5.41, 5.74) is 0.755. The van der Waals surface area contributed by atoms with Crippen LogP contribution in [0.1, 0.15) is 15.9 Å². The summed E-state index contributed by atoms with van der Waals surface area (Å²) in [5, 5.41) is 11.8. The van der Waals surface area contributed by atoms with Crippen molar-refractivity contribution < 1.29 is 4.79 Å². The van der Waals surface area contributed by atoms with Crippen LogP contribution in [0.3, 0.4) is 0 Å². The highest BCUT2D eigenvalue weighted by Crippen LogP contribution is 2.31. The Morgan fingerprint density at radius 3 is 3.00 bits per heavy atom. The molecule has 1 aromatic carbocycles. The molecule has 0 amide bonds. The molecular formula is C10H4ClNOS. The lowest BCUT2D eigenvalue weighted by Gasteiger charge is -2.00. The molecule has 0 saturated carbocycles. The van der Waals surface area contributed by atoms with E-state index >= 15 is 0 Å². The van der Waals surface area contributed by atoms with Crippen molar-refractivity contribution in [1.29, 1.82) is 5.26 Å². The predicted octanol–water partition coefficient (Wildman–Crippen LogP) is 3.24. The Morgan fingerprint density at radius 2 is 2.36 bits per heavy atom. The Kier molecular flexibility index (Phi) is 2.24. The van der Waals surface area contributed by atoms with E-state index in [0.29, 0.717) is 17.4 Å². The van der Waals surface area contributed by atoms with Gasteiger partial charge in [0.25, 0.3) is 0 Å². The first kappa shape index (κ1) is 9.20. The van der Waals surface area contributed by atoms with E-state index in [1.165, 1.54) is 11.3 Å². The second kappa shape index (κ2) is 3.41. The van der Waals surface area contributed by atoms with E-state index < -0.39 is 0 Å². The van der Waals surface area contributed by atoms with Crippen LogP contribution in [0.5, 0.6) is 0 Å². The Balaban J connectivity index is 2.96. The molecule has 1 aromatic heterocycles. The summed E-state index contributed by atoms with van der Waals surface area (Å²) in [6.07, 6.45) is 0.669. The first-order valence-corrected chi connectivity index (χ1v) is 5.08. The summed E-state index contributed by atoms with van der Waals surface area (Å²) >= 11 is 7.38. The molecule has 0 unspecified atom stereocenters. The van der Waals surface area contributed by atoms with E-state index in [4.69, 9.17) is 16.9 Å². The second-order valence-corrected chi connectivity index (χ2v) is 4.04. The van der Waals surface area contributed by atoms with Gasteiger partial charge in [-0.2, -0.15) is 5.26 Å². The molecule has 0 spiro atoms. The van der Waals surface area contributed by atoms with Crippen LogP contribution in [0.4, 0.5) is 0 Å². The maximum absolute atomic E-state index is 10.7. The summed E-state index contributed by atoms with van der Waals surface area (Å²) in [4.78, 5) is 10.7. The van der Waals surface area contributed by atoms with Crippen LogP contribution < -0.4 is 0 Å². The maximum atomic E-state index is 10.7. The number of halogens is 1. The van der Waals surface area contributed by atoms with Gasteiger partial charge in [0, 0.05) is 15.6 Å². The zero-order valence-electron chi connectivity index (χ0n) is 6.95. The predicted molar refractivity (Wildman–Crippen MR) is 56.9 cm³/mol. The fourth-order valence-corrected chi connectivity index (χ4v) is 2.39. The molecular weight excluding hydrogens is 218 g/mol. The summed E-state index contributed by atoms with van der Waals surface area (Å²) < 4.78 is 0.910. The molecule has 2 aromatic rings. The van der Waals surface area contributed by atoms with E-state index in [0.717, 1.165) is 10.1 Å². The molecule has 0 atom stereocenters. The topological polar surface area (TPSA) is 40.9 Å². The number of aldehydes is 1. The van der Waals surface area contributed by atoms with Gasteiger partial charge in [-0.1, -0.05) is 11.6 Å². The molecule has 68 valence electrons. The maximum Gasteiger partial charge on any atom is 0.151 e. The summed E-state index contributed by atoms with van der Waals surface area (Å²) in [5.74, 6) is 0. The highest BCUT2D eigenvalue weighted by atomic mass is 35.5. The molecule has 0 saturated heterocycles. The number of carbonyl (C=O) groups is 1. The van der Waals surface area contributed by atoms with E-state index in [1.807, 2.05) is 17.5 Å². The van der Waals surface area contributed by atoms with Crippen molar-refractivity contribution in [3.63, 3.8) is 0 Å². The molecule has 0 bridgehead atoms. The number of hydrogen-bond donors (Lipinski definition) is 0. The van der Waals surface area contributed by atoms with E-state index in [9.17, 15) is 4.79 Å². The van der Waals surface area contributed by atoms with Gasteiger partial charge >= 0.3 is 0 Å². The Labute approximate surface area is 89.3 Å². The van der Waals surface area contributed by atoms with Crippen molar-refractivity contribution >= 4 is 39.3 Å². The normalized spacial score (nSPS) is 10.0. The number of fused-ring (bicyclic) bond motifs is 1. The van der Waals surface area contributed by atoms with E-state index in [-0.39, 0.29) is 5.02 Å². The second-order valence-electron chi connectivity index (χ2n) is 2.72. The number of thiophene rings is 1. The van der Waals surface area contributed by atoms with Crippen LogP contribution in [0, 0.1) is 11.3 Å². The van der Waals surface area contributed by atoms with Crippen LogP contribution in [-0.4, -0.2) is 6.29 Å². The number of benzene rings is 1. The van der Waals surface area contributed by atoms with E-state index in [1.54, 1.807) is 6.07 Å². The standard InChI is InChI=1S/C10H4ClNOS/c11-10-6(5-13)3-9-7(1-2-14-9)8(10)4-12/h1-3,5H. The highest BCUT2D eigenvalue weighted by Gasteiger charge is 2.11. The first-order valence-electron chi connectivity index (χ1n) is 3.83. The SMILES string of the molecule is N#Cc1c(Cl)c(C=O)cc2sccc12. The van der Waals surface area contributed by atoms with Gasteiger partial charge in [0.2, 0.25) is 0 Å². The third kappa shape index (κ3) is 1.20. The average molecular weight is 222 g/mol. The van der Waals surface area contributed by atoms with Gasteiger partial charge in [-0.05, 0) is 17.5 Å². The van der Waals surface area contributed by atoms with Gasteiger partial charge in [0.1, 0.15) is 6.07 Å². The van der Waals surface area contributed by atoms with Gasteiger partial charge in [0.15, 0.2) is 6.29 Å². The molecule has 1 heterocycles. The summed E-state index contributed by atoms with van der Waals surface area (Å²) in [6, 6.07) is 5.55. The molecule has 0 aliphatic carbocycles. The van der Waals surface area contributed by atoms with Crippen molar-refractivity contribution in [2.45, 2.75) is 0 Å². The van der Waals surface area contributed by atoms with Crippen LogP contribution in [0.25, 0.3) is 10.1 Å². The number of rotatable bonds is 1. The Hall–Kier alpha value is -1.37. The molecule has 2 nitrogen and oxygen atoms in total. The minimum Gasteiger partial charge on any atom is -0.298 e. The molecule has 2 rings (SSSR count). The lowest BCUT2D eigenvalue weighted by atomic mass is 10.1. The van der Waals surface area contributed by atoms with Crippen LogP contribution >= 0.6 is 22.9 Å². The number of nitrogens with zero attached hydrogens (tertiary/aromatic N) is 1. The average Bonchev–Trinajstić information content (AvgIpc) is 2.64. The van der Waals surface area contributed by atoms with E-state index in [2.05, 4.69) is 0 Å². The smallest absolute Gasteiger partial charge is 0.151 e. The molecule has 0 fully saturated rings. The molecule has 0 N–H and O–H groups in total. The fraction of sp³-hybridized carbons (Fsp3) is 0. The third-order valence-electron chi connectivity index (χ3n) is 1.96. The molecule has 14 heavy (non-hydrogen) atoms. The molecule has 0 aliphatic heterocycles. The van der Waals surface area contributed by atoms with Crippen LogP contribution in [-0.2, 0) is 0 Å². The van der Waals surface area contributed by atoms with Gasteiger partial charge in [0.05, 0.1) is 10.6 Å². The van der Waals surface area contributed by atoms with Gasteiger partial charge < -0.3 is 0 Å². The first-order chi connectivity index (χ1) is 6.77. The van der Waals surface area contributed by atoms with Crippen molar-refractivity contribution in [2.24, 2.45) is 0 Å². The van der Waals surface area contributed by atoms with Gasteiger partial charge in [-0.3, -0.25) is 4.79 Å². The van der Waals surface area contributed by atoms with Gasteiger partial charge in [-0.15, -0.1) is 11.3 Å². The van der Waals surface area contributed by atoms with Crippen molar-refractivity contribution in [2.75, 3.05) is 0 Å². The lowest BCUT2D eigenvalue weighted by molar-refractivity contribution is 0.112. The molecule has 0 radical (unpaired) electrons. The third-order valence-corrected chi connectivity index (χ3v) is 3.23. The number of hydrogen-bond acceptors (Lipinski definition) is 3. The minimum absolute atomic E-state index is 0.244. The monoisotopic (exact) mass is 221 g/mol. The van der Waals surface area contributed by atoms with Crippen molar-refractivity contribution in [3.8, 4) is 6.07 Å². The zero-order valence-corrected chi connectivity index (χ0v) is 8.52. The number of nitriles is 1. The Bertz CT molecular complexity index is 553. The molecule has 0 aliphatic rings. The van der Waals surface area contributed by atoms with Crippen LogP contribution in [0.2, 0.25) is 5.02 Å². The summed E-state index contributed by atoms with van der Waals surface area (Å²) in [7, 11) is 0. The van der Waals surface area contributed by atoms with Crippen molar-refractivity contribution in [3.05, 3.63) is 33.7 Å². The zero-order chi connectivity index (χ0) is 10.1. The minimum atomic E-state index is 0.244. The van der Waals surface area contributed by atoms with Gasteiger partial charge in [-0.25, -0.2) is 0 Å². The largest absolute Gasteiger partial charge is 0.298 e. The fourth-order valence-electron chi connectivity index (χ4n) is 1.30. The van der Waals surface area contributed by atoms with Crippen LogP contribution in [0.15, 0.2) is 17.5 Å². The Morgan fingerprint density at radius 1 is 1.57 bits per heavy atom.